The van der Waals surface area contributed by atoms with Gasteiger partial charge in [-0.1, -0.05) is 23.2 Å². The maximum absolute atomic E-state index is 10.5. The standard InChI is InChI=1S/C16H14Cl2O4/c17-14-8-12(20)9-15(18)16(14)22-7-1-6-21-13-4-2-11(10-19)3-5-13/h2-5,8-10,20H,1,6-7H2. The number of carbonyl (C=O) groups excluding carboxylic acids is 1. The van der Waals surface area contributed by atoms with Gasteiger partial charge < -0.3 is 14.6 Å². The van der Waals surface area contributed by atoms with E-state index in [-0.39, 0.29) is 15.8 Å². The van der Waals surface area contributed by atoms with Crippen LogP contribution >= 0.6 is 23.2 Å². The van der Waals surface area contributed by atoms with E-state index in [1.807, 2.05) is 0 Å². The number of phenolic OH excluding ortho intramolecular Hbond substituents is 1. The summed E-state index contributed by atoms with van der Waals surface area (Å²) in [4.78, 5) is 10.5. The van der Waals surface area contributed by atoms with E-state index in [1.165, 1.54) is 12.1 Å². The minimum Gasteiger partial charge on any atom is -0.508 e. The lowest BCUT2D eigenvalue weighted by Crippen LogP contribution is -2.05. The van der Waals surface area contributed by atoms with Crippen LogP contribution in [0.4, 0.5) is 0 Å². The van der Waals surface area contributed by atoms with E-state index in [4.69, 9.17) is 32.7 Å². The molecule has 0 saturated carbocycles. The number of carbonyl (C=O) groups is 1. The summed E-state index contributed by atoms with van der Waals surface area (Å²) in [6.45, 7) is 0.824. The zero-order valence-corrected chi connectivity index (χ0v) is 13.1. The van der Waals surface area contributed by atoms with Crippen molar-refractivity contribution >= 4 is 29.5 Å². The fourth-order valence-corrected chi connectivity index (χ4v) is 2.33. The van der Waals surface area contributed by atoms with Gasteiger partial charge in [0, 0.05) is 24.1 Å². The largest absolute Gasteiger partial charge is 0.508 e. The molecule has 0 amide bonds. The van der Waals surface area contributed by atoms with E-state index in [0.717, 1.165) is 6.29 Å². The molecule has 2 aromatic carbocycles. The molecule has 0 aliphatic rings. The molecule has 0 spiro atoms. The zero-order valence-electron chi connectivity index (χ0n) is 11.6. The number of aldehydes is 1. The molecular weight excluding hydrogens is 327 g/mol. The molecule has 0 bridgehead atoms. The number of halogens is 2. The van der Waals surface area contributed by atoms with Gasteiger partial charge in [-0.25, -0.2) is 0 Å². The summed E-state index contributed by atoms with van der Waals surface area (Å²) in [5.41, 5.74) is 0.604. The summed E-state index contributed by atoms with van der Waals surface area (Å²) in [5, 5.41) is 9.84. The van der Waals surface area contributed by atoms with Crippen molar-refractivity contribution in [3.8, 4) is 17.2 Å². The van der Waals surface area contributed by atoms with Crippen molar-refractivity contribution in [2.75, 3.05) is 13.2 Å². The minimum atomic E-state index is -0.00976. The maximum atomic E-state index is 10.5. The van der Waals surface area contributed by atoms with Crippen molar-refractivity contribution in [2.24, 2.45) is 0 Å². The minimum absolute atomic E-state index is 0.00976. The molecule has 2 aromatic rings. The first kappa shape index (κ1) is 16.5. The average molecular weight is 341 g/mol. The Bertz CT molecular complexity index is 618. The first-order chi connectivity index (χ1) is 10.6. The number of phenols is 1. The van der Waals surface area contributed by atoms with Crippen molar-refractivity contribution in [3.63, 3.8) is 0 Å². The van der Waals surface area contributed by atoms with Gasteiger partial charge in [0.05, 0.1) is 23.3 Å². The SMILES string of the molecule is O=Cc1ccc(OCCCOc2c(Cl)cc(O)cc2Cl)cc1. The lowest BCUT2D eigenvalue weighted by atomic mass is 10.2. The van der Waals surface area contributed by atoms with Crippen molar-refractivity contribution in [1.82, 2.24) is 0 Å². The first-order valence-corrected chi connectivity index (χ1v) is 7.34. The summed E-state index contributed by atoms with van der Waals surface area (Å²) >= 11 is 11.9. The van der Waals surface area contributed by atoms with Gasteiger partial charge in [0.15, 0.2) is 5.75 Å². The van der Waals surface area contributed by atoms with E-state index >= 15 is 0 Å². The number of benzene rings is 2. The number of hydrogen-bond acceptors (Lipinski definition) is 4. The molecule has 0 atom stereocenters. The molecule has 0 aliphatic carbocycles. The third-order valence-corrected chi connectivity index (χ3v) is 3.36. The highest BCUT2D eigenvalue weighted by Gasteiger charge is 2.09. The second kappa shape index (κ2) is 7.92. The molecule has 22 heavy (non-hydrogen) atoms. The molecule has 2 rings (SSSR count). The molecule has 0 radical (unpaired) electrons. The number of ether oxygens (including phenoxy) is 2. The predicted octanol–water partition coefficient (Wildman–Crippen LogP) is 4.36. The lowest BCUT2D eigenvalue weighted by molar-refractivity contribution is 0.112. The Morgan fingerprint density at radius 3 is 2.18 bits per heavy atom. The molecule has 0 unspecified atom stereocenters. The van der Waals surface area contributed by atoms with E-state index in [0.29, 0.717) is 36.7 Å². The fraction of sp³-hybridized carbons (Fsp3) is 0.188. The summed E-state index contributed by atoms with van der Waals surface area (Å²) in [7, 11) is 0. The second-order valence-electron chi connectivity index (χ2n) is 4.48. The summed E-state index contributed by atoms with van der Waals surface area (Å²) < 4.78 is 11.0. The van der Waals surface area contributed by atoms with Crippen LogP contribution in [0.1, 0.15) is 16.8 Å². The number of rotatable bonds is 7. The number of aromatic hydroxyl groups is 1. The molecule has 0 aliphatic heterocycles. The van der Waals surface area contributed by atoms with Crippen LogP contribution in [0.5, 0.6) is 17.2 Å². The van der Waals surface area contributed by atoms with Crippen LogP contribution in [0.15, 0.2) is 36.4 Å². The molecule has 0 heterocycles. The fourth-order valence-electron chi connectivity index (χ4n) is 1.75. The normalized spacial score (nSPS) is 10.3. The molecule has 4 nitrogen and oxygen atoms in total. The maximum Gasteiger partial charge on any atom is 0.156 e. The van der Waals surface area contributed by atoms with Crippen molar-refractivity contribution in [3.05, 3.63) is 52.0 Å². The Balaban J connectivity index is 1.76. The molecule has 6 heteroatoms. The Kier molecular flexibility index (Phi) is 5.92. The predicted molar refractivity (Wildman–Crippen MR) is 85.6 cm³/mol. The van der Waals surface area contributed by atoms with E-state index in [1.54, 1.807) is 24.3 Å². The van der Waals surface area contributed by atoms with Crippen LogP contribution in [0, 0.1) is 0 Å². The van der Waals surface area contributed by atoms with Crippen molar-refractivity contribution in [1.29, 1.82) is 0 Å². The van der Waals surface area contributed by atoms with Gasteiger partial charge in [0.2, 0.25) is 0 Å². The summed E-state index contributed by atoms with van der Waals surface area (Å²) in [6.07, 6.45) is 1.41. The van der Waals surface area contributed by atoms with Gasteiger partial charge in [-0.05, 0) is 24.3 Å². The lowest BCUT2D eigenvalue weighted by Gasteiger charge is -2.11. The van der Waals surface area contributed by atoms with Crippen LogP contribution in [0.25, 0.3) is 0 Å². The highest BCUT2D eigenvalue weighted by Crippen LogP contribution is 2.36. The Hall–Kier alpha value is -1.91. The van der Waals surface area contributed by atoms with Gasteiger partial charge in [-0.3, -0.25) is 4.79 Å². The summed E-state index contributed by atoms with van der Waals surface area (Å²) in [6, 6.07) is 9.59. The van der Waals surface area contributed by atoms with Crippen LogP contribution in [0.3, 0.4) is 0 Å². The highest BCUT2D eigenvalue weighted by atomic mass is 35.5. The Morgan fingerprint density at radius 2 is 1.59 bits per heavy atom. The molecule has 0 fully saturated rings. The second-order valence-corrected chi connectivity index (χ2v) is 5.29. The van der Waals surface area contributed by atoms with Crippen LogP contribution in [-0.4, -0.2) is 24.6 Å². The van der Waals surface area contributed by atoms with Gasteiger partial charge >= 0.3 is 0 Å². The monoisotopic (exact) mass is 340 g/mol. The van der Waals surface area contributed by atoms with Crippen LogP contribution < -0.4 is 9.47 Å². The Labute approximate surface area is 138 Å². The van der Waals surface area contributed by atoms with Gasteiger partial charge in [-0.15, -0.1) is 0 Å². The van der Waals surface area contributed by atoms with Crippen LogP contribution in [0.2, 0.25) is 10.0 Å². The molecule has 1 N–H and O–H groups in total. The smallest absolute Gasteiger partial charge is 0.156 e. The summed E-state index contributed by atoms with van der Waals surface area (Å²) in [5.74, 6) is 1.02. The topological polar surface area (TPSA) is 55.8 Å². The molecule has 0 aromatic heterocycles. The van der Waals surface area contributed by atoms with Crippen LogP contribution in [-0.2, 0) is 0 Å². The highest BCUT2D eigenvalue weighted by molar-refractivity contribution is 6.37. The van der Waals surface area contributed by atoms with E-state index < -0.39 is 0 Å². The molecule has 116 valence electrons. The molecular formula is C16H14Cl2O4. The third kappa shape index (κ3) is 4.55. The van der Waals surface area contributed by atoms with Crippen molar-refractivity contribution < 1.29 is 19.4 Å². The van der Waals surface area contributed by atoms with Gasteiger partial charge in [-0.2, -0.15) is 0 Å². The van der Waals surface area contributed by atoms with Gasteiger partial charge in [0.25, 0.3) is 0 Å². The average Bonchev–Trinajstić information content (AvgIpc) is 2.49. The van der Waals surface area contributed by atoms with E-state index in [9.17, 15) is 9.90 Å². The quantitative estimate of drug-likeness (QED) is 0.601. The van der Waals surface area contributed by atoms with Gasteiger partial charge in [0.1, 0.15) is 17.8 Å². The zero-order chi connectivity index (χ0) is 15.9. The molecule has 0 saturated heterocycles. The Morgan fingerprint density at radius 1 is 1.00 bits per heavy atom. The first-order valence-electron chi connectivity index (χ1n) is 6.59. The van der Waals surface area contributed by atoms with E-state index in [2.05, 4.69) is 0 Å². The number of hydrogen-bond donors (Lipinski definition) is 1. The third-order valence-electron chi connectivity index (χ3n) is 2.80. The van der Waals surface area contributed by atoms with Crippen molar-refractivity contribution in [2.45, 2.75) is 6.42 Å².